The smallest absolute Gasteiger partial charge is 0.370 e. The van der Waals surface area contributed by atoms with Gasteiger partial charge in [0.15, 0.2) is 5.71 Å². The van der Waals surface area contributed by atoms with E-state index >= 15 is 0 Å². The summed E-state index contributed by atoms with van der Waals surface area (Å²) in [5.41, 5.74) is -2.64. The van der Waals surface area contributed by atoms with Crippen molar-refractivity contribution in [3.05, 3.63) is 22.6 Å². The van der Waals surface area contributed by atoms with Crippen molar-refractivity contribution < 1.29 is 31.6 Å². The van der Waals surface area contributed by atoms with Gasteiger partial charge in [0.1, 0.15) is 0 Å². The number of nitrogens with zero attached hydrogens (tertiary/aromatic N) is 2. The van der Waals surface area contributed by atoms with E-state index in [1.165, 1.54) is 6.07 Å². The van der Waals surface area contributed by atoms with Gasteiger partial charge in [0, 0.05) is 19.0 Å². The Morgan fingerprint density at radius 2 is 1.86 bits per heavy atom. The molecule has 0 saturated heterocycles. The summed E-state index contributed by atoms with van der Waals surface area (Å²) in [6.45, 7) is 0. The first-order valence-corrected chi connectivity index (χ1v) is 6.59. The van der Waals surface area contributed by atoms with Crippen LogP contribution in [-0.2, 0) is 9.63 Å². The van der Waals surface area contributed by atoms with Crippen LogP contribution in [0.4, 0.5) is 27.0 Å². The van der Waals surface area contributed by atoms with Gasteiger partial charge in [-0.15, -0.1) is 11.3 Å². The lowest BCUT2D eigenvalue weighted by atomic mass is 10.0. The molecular weight excluding hydrogens is 331 g/mol. The van der Waals surface area contributed by atoms with Crippen LogP contribution in [0.15, 0.2) is 22.9 Å². The Hall–Kier alpha value is -1.97. The van der Waals surface area contributed by atoms with E-state index in [1.807, 2.05) is 0 Å². The normalized spacial score (nSPS) is 17.7. The Morgan fingerprint density at radius 3 is 2.36 bits per heavy atom. The van der Waals surface area contributed by atoms with E-state index in [-0.39, 0.29) is 0 Å². The van der Waals surface area contributed by atoms with E-state index < -0.39 is 29.4 Å². The standard InChI is InChI=1S/C12H9F5N2O2S/c1-19(2)8-4-3-6(22-8)5-7-9(18-21-10(7)20)11(13,14)12(15,16)17/h3-5H,1-2H3. The summed E-state index contributed by atoms with van der Waals surface area (Å²) in [6.07, 6.45) is -4.96. The molecule has 1 aliphatic rings. The van der Waals surface area contributed by atoms with Crippen molar-refractivity contribution in [1.82, 2.24) is 0 Å². The Labute approximate surface area is 125 Å². The summed E-state index contributed by atoms with van der Waals surface area (Å²) in [6, 6.07) is 3.12. The topological polar surface area (TPSA) is 41.9 Å². The van der Waals surface area contributed by atoms with Gasteiger partial charge >= 0.3 is 18.1 Å². The van der Waals surface area contributed by atoms with E-state index in [2.05, 4.69) is 9.99 Å². The molecule has 2 heterocycles. The van der Waals surface area contributed by atoms with Crippen molar-refractivity contribution in [2.24, 2.45) is 5.16 Å². The highest BCUT2D eigenvalue weighted by atomic mass is 32.1. The maximum Gasteiger partial charge on any atom is 0.459 e. The minimum Gasteiger partial charge on any atom is -0.370 e. The number of anilines is 1. The molecule has 0 amide bonds. The molecule has 1 aromatic rings. The van der Waals surface area contributed by atoms with Gasteiger partial charge in [0.2, 0.25) is 0 Å². The minimum absolute atomic E-state index is 0.322. The number of carbonyl (C=O) groups excluding carboxylic acids is 1. The number of halogens is 5. The first kappa shape index (κ1) is 16.4. The predicted octanol–water partition coefficient (Wildman–Crippen LogP) is 3.31. The summed E-state index contributed by atoms with van der Waals surface area (Å²) in [7, 11) is 3.47. The third-order valence-corrected chi connectivity index (χ3v) is 3.89. The number of oxime groups is 1. The number of thiophene rings is 1. The van der Waals surface area contributed by atoms with Crippen LogP contribution in [0.25, 0.3) is 6.08 Å². The summed E-state index contributed by atoms with van der Waals surface area (Å²) >= 11 is 1.11. The second-order valence-electron chi connectivity index (χ2n) is 4.52. The highest BCUT2D eigenvalue weighted by Crippen LogP contribution is 2.41. The van der Waals surface area contributed by atoms with Gasteiger partial charge in [-0.2, -0.15) is 22.0 Å². The first-order valence-electron chi connectivity index (χ1n) is 5.77. The van der Waals surface area contributed by atoms with Crippen LogP contribution in [0.2, 0.25) is 0 Å². The largest absolute Gasteiger partial charge is 0.459 e. The number of alkyl halides is 5. The molecule has 0 aromatic carbocycles. The van der Waals surface area contributed by atoms with Crippen molar-refractivity contribution >= 4 is 34.1 Å². The van der Waals surface area contributed by atoms with Crippen molar-refractivity contribution in [3.63, 3.8) is 0 Å². The molecule has 4 nitrogen and oxygen atoms in total. The van der Waals surface area contributed by atoms with Gasteiger partial charge in [-0.05, 0) is 18.2 Å². The number of hydrogen-bond donors (Lipinski definition) is 0. The second-order valence-corrected chi connectivity index (χ2v) is 5.61. The average Bonchev–Trinajstić information content (AvgIpc) is 2.97. The summed E-state index contributed by atoms with van der Waals surface area (Å²) in [5, 5.41) is 3.33. The van der Waals surface area contributed by atoms with Gasteiger partial charge < -0.3 is 9.74 Å². The minimum atomic E-state index is -5.87. The molecular formula is C12H9F5N2O2S. The Kier molecular flexibility index (Phi) is 3.98. The lowest BCUT2D eigenvalue weighted by Gasteiger charge is -2.18. The molecule has 1 aromatic heterocycles. The number of carbonyl (C=O) groups is 1. The fraction of sp³-hybridized carbons (Fsp3) is 0.333. The van der Waals surface area contributed by atoms with Crippen LogP contribution in [-0.4, -0.2) is 37.9 Å². The SMILES string of the molecule is CN(C)c1ccc(C=C2C(=O)ON=C2C(F)(F)C(F)(F)F)s1. The third-order valence-electron chi connectivity index (χ3n) is 2.69. The van der Waals surface area contributed by atoms with E-state index in [4.69, 9.17) is 0 Å². The average molecular weight is 340 g/mol. The van der Waals surface area contributed by atoms with Crippen molar-refractivity contribution in [1.29, 1.82) is 0 Å². The zero-order valence-corrected chi connectivity index (χ0v) is 12.1. The van der Waals surface area contributed by atoms with Crippen LogP contribution < -0.4 is 4.90 Å². The van der Waals surface area contributed by atoms with Crippen LogP contribution in [0.1, 0.15) is 4.88 Å². The van der Waals surface area contributed by atoms with Crippen LogP contribution >= 0.6 is 11.3 Å². The maximum absolute atomic E-state index is 13.4. The molecule has 1 aliphatic heterocycles. The van der Waals surface area contributed by atoms with E-state index in [0.29, 0.717) is 4.88 Å². The Bertz CT molecular complexity index is 661. The predicted molar refractivity (Wildman–Crippen MR) is 71.2 cm³/mol. The Morgan fingerprint density at radius 1 is 1.23 bits per heavy atom. The molecule has 10 heteroatoms. The zero-order valence-electron chi connectivity index (χ0n) is 11.2. The monoisotopic (exact) mass is 340 g/mol. The van der Waals surface area contributed by atoms with Crippen molar-refractivity contribution in [2.75, 3.05) is 19.0 Å². The van der Waals surface area contributed by atoms with E-state index in [0.717, 1.165) is 22.4 Å². The van der Waals surface area contributed by atoms with Crippen LogP contribution in [0.3, 0.4) is 0 Å². The summed E-state index contributed by atoms with van der Waals surface area (Å²) in [4.78, 5) is 17.4. The van der Waals surface area contributed by atoms with Gasteiger partial charge in [0.25, 0.3) is 0 Å². The molecule has 2 rings (SSSR count). The highest BCUT2D eigenvalue weighted by Gasteiger charge is 2.64. The molecule has 0 spiro atoms. The fourth-order valence-electron chi connectivity index (χ4n) is 1.57. The van der Waals surface area contributed by atoms with E-state index in [9.17, 15) is 26.7 Å². The molecule has 0 aliphatic carbocycles. The molecule has 120 valence electrons. The lowest BCUT2D eigenvalue weighted by molar-refractivity contribution is -0.249. The van der Waals surface area contributed by atoms with Crippen LogP contribution in [0.5, 0.6) is 0 Å². The molecule has 0 unspecified atom stereocenters. The lowest BCUT2D eigenvalue weighted by Crippen LogP contribution is -2.44. The number of rotatable bonds is 3. The molecule has 0 atom stereocenters. The summed E-state index contributed by atoms with van der Waals surface area (Å²) in [5.74, 6) is -6.62. The number of hydrogen-bond acceptors (Lipinski definition) is 5. The van der Waals surface area contributed by atoms with Crippen molar-refractivity contribution in [3.8, 4) is 0 Å². The van der Waals surface area contributed by atoms with E-state index in [1.54, 1.807) is 25.1 Å². The quantitative estimate of drug-likeness (QED) is 0.482. The molecule has 0 saturated carbocycles. The second kappa shape index (κ2) is 5.34. The molecule has 0 radical (unpaired) electrons. The van der Waals surface area contributed by atoms with Crippen LogP contribution in [0, 0.1) is 0 Å². The molecule has 0 bridgehead atoms. The molecule has 0 N–H and O–H groups in total. The van der Waals surface area contributed by atoms with Gasteiger partial charge in [-0.3, -0.25) is 0 Å². The third kappa shape index (κ3) is 2.82. The van der Waals surface area contributed by atoms with Crippen molar-refractivity contribution in [2.45, 2.75) is 12.1 Å². The zero-order chi connectivity index (χ0) is 16.7. The first-order chi connectivity index (χ1) is 10.0. The fourth-order valence-corrected chi connectivity index (χ4v) is 2.45. The molecule has 22 heavy (non-hydrogen) atoms. The van der Waals surface area contributed by atoms with Gasteiger partial charge in [-0.25, -0.2) is 4.79 Å². The van der Waals surface area contributed by atoms with Gasteiger partial charge in [-0.1, -0.05) is 5.16 Å². The highest BCUT2D eigenvalue weighted by molar-refractivity contribution is 7.17. The van der Waals surface area contributed by atoms with Gasteiger partial charge in [0.05, 0.1) is 10.6 Å². The Balaban J connectivity index is 2.41. The maximum atomic E-state index is 13.4. The molecule has 0 fully saturated rings. The summed E-state index contributed by atoms with van der Waals surface area (Å²) < 4.78 is 63.9.